The molecule has 0 saturated heterocycles. The molecule has 0 aliphatic rings. The fourth-order valence-corrected chi connectivity index (χ4v) is 2.75. The van der Waals surface area contributed by atoms with Crippen LogP contribution in [0.1, 0.15) is 29.9 Å². The third-order valence-electron chi connectivity index (χ3n) is 3.81. The average molecular weight is 290 g/mol. The zero-order chi connectivity index (χ0) is 15.8. The van der Waals surface area contributed by atoms with Crippen molar-refractivity contribution in [1.82, 2.24) is 0 Å². The van der Waals surface area contributed by atoms with E-state index in [9.17, 15) is 0 Å². The molecule has 2 aromatic rings. The quantitative estimate of drug-likeness (QED) is 0.798. The molecule has 0 spiro atoms. The monoisotopic (exact) mass is 290 g/mol. The normalized spacial score (nSPS) is 11.5. The Balaban J connectivity index is 2.44. The second-order valence-electron chi connectivity index (χ2n) is 5.15. The number of nitrogens with zero attached hydrogens (tertiary/aromatic N) is 2. The maximum atomic E-state index is 9.11. The second-order valence-corrected chi connectivity index (χ2v) is 5.15. The molecule has 3 nitrogen and oxygen atoms in total. The molecule has 0 bridgehead atoms. The molecular weight excluding hydrogens is 272 g/mol. The Morgan fingerprint density at radius 2 is 1.41 bits per heavy atom. The summed E-state index contributed by atoms with van der Waals surface area (Å²) in [6.45, 7) is 0. The molecular formula is C19H18N2O. The van der Waals surface area contributed by atoms with Gasteiger partial charge in [0.15, 0.2) is 0 Å². The molecule has 0 aromatic heterocycles. The Labute approximate surface area is 131 Å². The molecule has 0 unspecified atom stereocenters. The SMILES string of the molecule is COc1ccc([C@H](c2ccccc2)C(CC#N)CC#N)cc1. The van der Waals surface area contributed by atoms with Crippen molar-refractivity contribution in [1.29, 1.82) is 10.5 Å². The first-order valence-corrected chi connectivity index (χ1v) is 7.23. The fraction of sp³-hybridized carbons (Fsp3) is 0.263. The molecule has 0 heterocycles. The standard InChI is InChI=1S/C19H18N2O/c1-22-18-9-7-16(8-10-18)19(15-5-3-2-4-6-15)17(11-13-20)12-14-21/h2-10,17,19H,11-12H2,1H3/t19-/m0/s1. The van der Waals surface area contributed by atoms with Crippen molar-refractivity contribution < 1.29 is 4.74 Å². The van der Waals surface area contributed by atoms with E-state index in [4.69, 9.17) is 15.3 Å². The van der Waals surface area contributed by atoms with Crippen LogP contribution in [-0.4, -0.2) is 7.11 Å². The van der Waals surface area contributed by atoms with Crippen molar-refractivity contribution in [2.75, 3.05) is 7.11 Å². The van der Waals surface area contributed by atoms with E-state index in [1.54, 1.807) is 7.11 Å². The van der Waals surface area contributed by atoms with Crippen molar-refractivity contribution in [3.8, 4) is 17.9 Å². The van der Waals surface area contributed by atoms with Crippen LogP contribution in [0, 0.1) is 28.6 Å². The molecule has 0 radical (unpaired) electrons. The molecule has 110 valence electrons. The third kappa shape index (κ3) is 3.65. The van der Waals surface area contributed by atoms with Gasteiger partial charge in [-0.05, 0) is 29.2 Å². The maximum absolute atomic E-state index is 9.11. The Kier molecular flexibility index (Phi) is 5.57. The maximum Gasteiger partial charge on any atom is 0.118 e. The van der Waals surface area contributed by atoms with E-state index in [1.165, 1.54) is 0 Å². The zero-order valence-corrected chi connectivity index (χ0v) is 12.6. The lowest BCUT2D eigenvalue weighted by atomic mass is 9.78. The number of hydrogen-bond acceptors (Lipinski definition) is 3. The van der Waals surface area contributed by atoms with Crippen LogP contribution in [0.5, 0.6) is 5.75 Å². The largest absolute Gasteiger partial charge is 0.497 e. The lowest BCUT2D eigenvalue weighted by molar-refractivity contribution is 0.414. The highest BCUT2D eigenvalue weighted by atomic mass is 16.5. The number of rotatable bonds is 6. The van der Waals surface area contributed by atoms with Gasteiger partial charge in [-0.25, -0.2) is 0 Å². The number of nitriles is 2. The summed E-state index contributed by atoms with van der Waals surface area (Å²) in [6.07, 6.45) is 0.721. The van der Waals surface area contributed by atoms with Gasteiger partial charge < -0.3 is 4.74 Å². The van der Waals surface area contributed by atoms with Gasteiger partial charge in [0.1, 0.15) is 5.75 Å². The molecule has 0 aliphatic heterocycles. The van der Waals surface area contributed by atoms with E-state index in [-0.39, 0.29) is 11.8 Å². The zero-order valence-electron chi connectivity index (χ0n) is 12.6. The summed E-state index contributed by atoms with van der Waals surface area (Å²) in [5.74, 6) is 0.810. The molecule has 2 rings (SSSR count). The summed E-state index contributed by atoms with van der Waals surface area (Å²) in [5, 5.41) is 18.2. The van der Waals surface area contributed by atoms with E-state index in [2.05, 4.69) is 24.3 Å². The van der Waals surface area contributed by atoms with E-state index in [0.29, 0.717) is 12.8 Å². The molecule has 3 heteroatoms. The highest BCUT2D eigenvalue weighted by Gasteiger charge is 2.24. The lowest BCUT2D eigenvalue weighted by Crippen LogP contribution is -2.14. The van der Waals surface area contributed by atoms with Gasteiger partial charge in [0.2, 0.25) is 0 Å². The average Bonchev–Trinajstić information content (AvgIpc) is 2.57. The van der Waals surface area contributed by atoms with Crippen molar-refractivity contribution in [2.24, 2.45) is 5.92 Å². The van der Waals surface area contributed by atoms with Gasteiger partial charge in [-0.15, -0.1) is 0 Å². The summed E-state index contributed by atoms with van der Waals surface area (Å²) >= 11 is 0. The van der Waals surface area contributed by atoms with Gasteiger partial charge in [-0.3, -0.25) is 0 Å². The van der Waals surface area contributed by atoms with Gasteiger partial charge in [0, 0.05) is 18.8 Å². The van der Waals surface area contributed by atoms with E-state index in [1.807, 2.05) is 42.5 Å². The Bertz CT molecular complexity index is 649. The van der Waals surface area contributed by atoms with Crippen LogP contribution >= 0.6 is 0 Å². The fourth-order valence-electron chi connectivity index (χ4n) is 2.75. The highest BCUT2D eigenvalue weighted by Crippen LogP contribution is 2.36. The lowest BCUT2D eigenvalue weighted by Gasteiger charge is -2.25. The number of hydrogen-bond donors (Lipinski definition) is 0. The molecule has 1 atom stereocenters. The predicted octanol–water partition coefficient (Wildman–Crippen LogP) is 4.27. The predicted molar refractivity (Wildman–Crippen MR) is 85.2 cm³/mol. The van der Waals surface area contributed by atoms with Crippen molar-refractivity contribution in [2.45, 2.75) is 18.8 Å². The summed E-state index contributed by atoms with van der Waals surface area (Å²) < 4.78 is 5.21. The van der Waals surface area contributed by atoms with Crippen LogP contribution in [0.15, 0.2) is 54.6 Å². The van der Waals surface area contributed by atoms with Gasteiger partial charge >= 0.3 is 0 Å². The summed E-state index contributed by atoms with van der Waals surface area (Å²) in [7, 11) is 1.64. The summed E-state index contributed by atoms with van der Waals surface area (Å²) in [4.78, 5) is 0. The van der Waals surface area contributed by atoms with E-state index in [0.717, 1.165) is 16.9 Å². The van der Waals surface area contributed by atoms with E-state index >= 15 is 0 Å². The Morgan fingerprint density at radius 3 is 1.91 bits per heavy atom. The summed E-state index contributed by atoms with van der Waals surface area (Å²) in [5.41, 5.74) is 2.23. The molecule has 0 N–H and O–H groups in total. The van der Waals surface area contributed by atoms with Crippen LogP contribution in [0.2, 0.25) is 0 Å². The Morgan fingerprint density at radius 1 is 0.864 bits per heavy atom. The van der Waals surface area contributed by atoms with E-state index < -0.39 is 0 Å². The number of methoxy groups -OCH3 is 1. The van der Waals surface area contributed by atoms with Crippen molar-refractivity contribution in [3.63, 3.8) is 0 Å². The minimum atomic E-state index is -0.0224. The first-order chi connectivity index (χ1) is 10.8. The molecule has 0 amide bonds. The third-order valence-corrected chi connectivity index (χ3v) is 3.81. The van der Waals surface area contributed by atoms with Crippen molar-refractivity contribution >= 4 is 0 Å². The smallest absolute Gasteiger partial charge is 0.118 e. The first kappa shape index (κ1) is 15.6. The van der Waals surface area contributed by atoms with Gasteiger partial charge in [-0.1, -0.05) is 42.5 Å². The highest BCUT2D eigenvalue weighted by molar-refractivity contribution is 5.37. The number of benzene rings is 2. The number of ether oxygens (including phenoxy) is 1. The second kappa shape index (κ2) is 7.86. The minimum absolute atomic E-state index is 0.0224. The Hall–Kier alpha value is -2.78. The first-order valence-electron chi connectivity index (χ1n) is 7.23. The molecule has 22 heavy (non-hydrogen) atoms. The minimum Gasteiger partial charge on any atom is -0.497 e. The molecule has 2 aromatic carbocycles. The van der Waals surface area contributed by atoms with Gasteiger partial charge in [0.25, 0.3) is 0 Å². The summed E-state index contributed by atoms with van der Waals surface area (Å²) in [6, 6.07) is 22.3. The van der Waals surface area contributed by atoms with Crippen LogP contribution < -0.4 is 4.74 Å². The molecule has 0 fully saturated rings. The topological polar surface area (TPSA) is 56.8 Å². The van der Waals surface area contributed by atoms with Crippen molar-refractivity contribution in [3.05, 3.63) is 65.7 Å². The van der Waals surface area contributed by atoms with Gasteiger partial charge in [0.05, 0.1) is 19.2 Å². The van der Waals surface area contributed by atoms with Crippen LogP contribution in [0.3, 0.4) is 0 Å². The molecule has 0 saturated carbocycles. The van der Waals surface area contributed by atoms with Crippen LogP contribution in [0.25, 0.3) is 0 Å². The van der Waals surface area contributed by atoms with Crippen LogP contribution in [-0.2, 0) is 0 Å². The van der Waals surface area contributed by atoms with Gasteiger partial charge in [-0.2, -0.15) is 10.5 Å². The van der Waals surface area contributed by atoms with Crippen LogP contribution in [0.4, 0.5) is 0 Å². The molecule has 0 aliphatic carbocycles.